The van der Waals surface area contributed by atoms with E-state index in [4.69, 9.17) is 21.6 Å². The second-order valence-corrected chi connectivity index (χ2v) is 6.23. The van der Waals surface area contributed by atoms with Crippen molar-refractivity contribution in [1.29, 1.82) is 0 Å². The molecule has 4 rings (SSSR count). The molecule has 0 saturated carbocycles. The first kappa shape index (κ1) is 15.6. The lowest BCUT2D eigenvalue weighted by atomic mass is 10.1. The van der Waals surface area contributed by atoms with Gasteiger partial charge in [0, 0.05) is 28.7 Å². The summed E-state index contributed by atoms with van der Waals surface area (Å²) in [6.07, 6.45) is 0. The average molecular weight is 346 g/mol. The summed E-state index contributed by atoms with van der Waals surface area (Å²) in [6, 6.07) is 25.9. The van der Waals surface area contributed by atoms with Gasteiger partial charge in [0.25, 0.3) is 0 Å². The van der Waals surface area contributed by atoms with Crippen LogP contribution in [0.4, 0.5) is 11.6 Å². The maximum Gasteiger partial charge on any atom is 0.230 e. The van der Waals surface area contributed by atoms with E-state index in [1.807, 2.05) is 78.7 Å². The number of benzene rings is 3. The van der Waals surface area contributed by atoms with Crippen molar-refractivity contribution in [1.82, 2.24) is 9.97 Å². The zero-order valence-electron chi connectivity index (χ0n) is 13.7. The van der Waals surface area contributed by atoms with Crippen LogP contribution < -0.4 is 4.90 Å². The van der Waals surface area contributed by atoms with Gasteiger partial charge in [-0.05, 0) is 30.3 Å². The third-order valence-electron chi connectivity index (χ3n) is 4.14. The fourth-order valence-corrected chi connectivity index (χ4v) is 2.99. The van der Waals surface area contributed by atoms with E-state index in [0.29, 0.717) is 11.0 Å². The van der Waals surface area contributed by atoms with Crippen LogP contribution in [0, 0.1) is 0 Å². The molecule has 1 heterocycles. The fraction of sp³-hybridized carbons (Fsp3) is 0.0476. The number of fused-ring (bicyclic) bond motifs is 1. The van der Waals surface area contributed by atoms with Gasteiger partial charge >= 0.3 is 0 Å². The number of hydrogen-bond acceptors (Lipinski definition) is 3. The lowest BCUT2D eigenvalue weighted by molar-refractivity contribution is 1.07. The third-order valence-corrected chi connectivity index (χ3v) is 4.37. The van der Waals surface area contributed by atoms with Gasteiger partial charge in [0.15, 0.2) is 0 Å². The van der Waals surface area contributed by atoms with Gasteiger partial charge in [-0.3, -0.25) is 0 Å². The van der Waals surface area contributed by atoms with Crippen LogP contribution in [0.25, 0.3) is 22.2 Å². The van der Waals surface area contributed by atoms with Crippen molar-refractivity contribution in [2.24, 2.45) is 0 Å². The number of para-hydroxylation sites is 1. The molecule has 0 radical (unpaired) electrons. The molecule has 0 aliphatic carbocycles. The molecule has 0 saturated heterocycles. The van der Waals surface area contributed by atoms with Crippen molar-refractivity contribution in [3.8, 4) is 11.3 Å². The molecule has 0 bridgehead atoms. The van der Waals surface area contributed by atoms with Crippen LogP contribution in [0.5, 0.6) is 0 Å². The summed E-state index contributed by atoms with van der Waals surface area (Å²) in [5, 5.41) is 1.63. The molecule has 0 amide bonds. The van der Waals surface area contributed by atoms with E-state index in [0.717, 1.165) is 27.8 Å². The number of rotatable bonds is 3. The highest BCUT2D eigenvalue weighted by atomic mass is 35.5. The number of nitrogens with zero attached hydrogens (tertiary/aromatic N) is 3. The number of anilines is 2. The molecule has 0 spiro atoms. The predicted molar refractivity (Wildman–Crippen MR) is 104 cm³/mol. The molecule has 0 atom stereocenters. The van der Waals surface area contributed by atoms with Gasteiger partial charge in [0.2, 0.25) is 5.95 Å². The van der Waals surface area contributed by atoms with Crippen LogP contribution in [-0.2, 0) is 0 Å². The molecule has 4 heteroatoms. The molecule has 3 aromatic carbocycles. The quantitative estimate of drug-likeness (QED) is 0.475. The highest BCUT2D eigenvalue weighted by Crippen LogP contribution is 2.31. The molecule has 0 aliphatic rings. The lowest BCUT2D eigenvalue weighted by Crippen LogP contribution is -2.13. The van der Waals surface area contributed by atoms with Gasteiger partial charge in [-0.25, -0.2) is 9.97 Å². The molecule has 122 valence electrons. The molecule has 0 unspecified atom stereocenters. The minimum atomic E-state index is 0.653. The SMILES string of the molecule is CN(c1ccccc1)c1nc(-c2ccccc2)c2cc(Cl)ccc2n1. The Bertz CT molecular complexity index is 1020. The van der Waals surface area contributed by atoms with Gasteiger partial charge in [-0.2, -0.15) is 0 Å². The number of aromatic nitrogens is 2. The normalized spacial score (nSPS) is 10.8. The zero-order chi connectivity index (χ0) is 17.2. The third kappa shape index (κ3) is 3.06. The predicted octanol–water partition coefficient (Wildman–Crippen LogP) is 5.72. The van der Waals surface area contributed by atoms with Gasteiger partial charge in [-0.1, -0.05) is 60.1 Å². The van der Waals surface area contributed by atoms with Crippen LogP contribution in [0.1, 0.15) is 0 Å². The van der Waals surface area contributed by atoms with Crippen LogP contribution in [-0.4, -0.2) is 17.0 Å². The van der Waals surface area contributed by atoms with Crippen LogP contribution in [0.3, 0.4) is 0 Å². The maximum absolute atomic E-state index is 6.21. The van der Waals surface area contributed by atoms with E-state index < -0.39 is 0 Å². The zero-order valence-corrected chi connectivity index (χ0v) is 14.5. The van der Waals surface area contributed by atoms with Crippen LogP contribution in [0.15, 0.2) is 78.9 Å². The van der Waals surface area contributed by atoms with Gasteiger partial charge < -0.3 is 4.90 Å². The average Bonchev–Trinajstić information content (AvgIpc) is 2.68. The highest BCUT2D eigenvalue weighted by Gasteiger charge is 2.14. The van der Waals surface area contributed by atoms with E-state index in [1.54, 1.807) is 0 Å². The van der Waals surface area contributed by atoms with Crippen molar-refractivity contribution in [3.05, 3.63) is 83.9 Å². The fourth-order valence-electron chi connectivity index (χ4n) is 2.82. The van der Waals surface area contributed by atoms with Gasteiger partial charge in [0.1, 0.15) is 0 Å². The van der Waals surface area contributed by atoms with E-state index in [1.165, 1.54) is 0 Å². The second-order valence-electron chi connectivity index (χ2n) is 5.79. The highest BCUT2D eigenvalue weighted by molar-refractivity contribution is 6.31. The first-order chi connectivity index (χ1) is 12.2. The summed E-state index contributed by atoms with van der Waals surface area (Å²) in [6.45, 7) is 0. The topological polar surface area (TPSA) is 29.0 Å². The van der Waals surface area contributed by atoms with E-state index in [2.05, 4.69) is 12.1 Å². The Hall–Kier alpha value is -2.91. The lowest BCUT2D eigenvalue weighted by Gasteiger charge is -2.19. The minimum absolute atomic E-state index is 0.653. The first-order valence-corrected chi connectivity index (χ1v) is 8.42. The Kier molecular flexibility index (Phi) is 4.08. The monoisotopic (exact) mass is 345 g/mol. The summed E-state index contributed by atoms with van der Waals surface area (Å²) >= 11 is 6.21. The minimum Gasteiger partial charge on any atom is -0.314 e. The molecule has 25 heavy (non-hydrogen) atoms. The van der Waals surface area contributed by atoms with Crippen LogP contribution >= 0.6 is 11.6 Å². The molecule has 0 fully saturated rings. The van der Waals surface area contributed by atoms with Gasteiger partial charge in [-0.15, -0.1) is 0 Å². The summed E-state index contributed by atoms with van der Waals surface area (Å²) in [5.41, 5.74) is 3.83. The molecule has 4 aromatic rings. The summed E-state index contributed by atoms with van der Waals surface area (Å²) in [7, 11) is 1.97. The molecular weight excluding hydrogens is 330 g/mol. The number of hydrogen-bond donors (Lipinski definition) is 0. The Morgan fingerprint density at radius 3 is 2.20 bits per heavy atom. The maximum atomic E-state index is 6.21. The van der Waals surface area contributed by atoms with Crippen molar-refractivity contribution in [2.75, 3.05) is 11.9 Å². The van der Waals surface area contributed by atoms with Gasteiger partial charge in [0.05, 0.1) is 11.2 Å². The summed E-state index contributed by atoms with van der Waals surface area (Å²) in [4.78, 5) is 11.6. The molecular formula is C21H16ClN3. The standard InChI is InChI=1S/C21H16ClN3/c1-25(17-10-6-3-7-11-17)21-23-19-13-12-16(22)14-18(19)20(24-21)15-8-4-2-5-9-15/h2-14H,1H3. The van der Waals surface area contributed by atoms with Crippen molar-refractivity contribution in [2.45, 2.75) is 0 Å². The summed E-state index contributed by atoms with van der Waals surface area (Å²) in [5.74, 6) is 0.653. The number of halogens is 1. The summed E-state index contributed by atoms with van der Waals surface area (Å²) < 4.78 is 0. The van der Waals surface area contributed by atoms with Crippen molar-refractivity contribution >= 4 is 34.1 Å². The molecule has 3 nitrogen and oxygen atoms in total. The Labute approximate surface area is 151 Å². The van der Waals surface area contributed by atoms with Crippen molar-refractivity contribution in [3.63, 3.8) is 0 Å². The molecule has 1 aromatic heterocycles. The van der Waals surface area contributed by atoms with Crippen molar-refractivity contribution < 1.29 is 0 Å². The molecule has 0 aliphatic heterocycles. The van der Waals surface area contributed by atoms with E-state index >= 15 is 0 Å². The Morgan fingerprint density at radius 1 is 0.800 bits per heavy atom. The Balaban J connectivity index is 1.94. The smallest absolute Gasteiger partial charge is 0.230 e. The largest absolute Gasteiger partial charge is 0.314 e. The Morgan fingerprint density at radius 2 is 1.48 bits per heavy atom. The van der Waals surface area contributed by atoms with E-state index in [9.17, 15) is 0 Å². The van der Waals surface area contributed by atoms with Crippen LogP contribution in [0.2, 0.25) is 5.02 Å². The second kappa shape index (κ2) is 6.54. The van der Waals surface area contributed by atoms with E-state index in [-0.39, 0.29) is 0 Å². The first-order valence-electron chi connectivity index (χ1n) is 8.04. The molecule has 0 N–H and O–H groups in total.